The Morgan fingerprint density at radius 1 is 1.15 bits per heavy atom. The highest BCUT2D eigenvalue weighted by Gasteiger charge is 2.15. The van der Waals surface area contributed by atoms with E-state index in [1.165, 1.54) is 16.9 Å². The van der Waals surface area contributed by atoms with E-state index >= 15 is 0 Å². The van der Waals surface area contributed by atoms with Gasteiger partial charge in [-0.1, -0.05) is 43.7 Å². The molecule has 0 radical (unpaired) electrons. The number of anilines is 1. The van der Waals surface area contributed by atoms with E-state index in [1.807, 2.05) is 24.3 Å². The molecular formula is C20H20N4OS. The molecule has 3 heterocycles. The summed E-state index contributed by atoms with van der Waals surface area (Å²) in [6.07, 6.45) is 5.47. The van der Waals surface area contributed by atoms with Gasteiger partial charge in [-0.05, 0) is 18.1 Å². The van der Waals surface area contributed by atoms with E-state index in [9.17, 15) is 4.79 Å². The maximum absolute atomic E-state index is 12.8. The van der Waals surface area contributed by atoms with Crippen LogP contribution in [0.15, 0.2) is 53.7 Å². The molecule has 0 bridgehead atoms. The lowest BCUT2D eigenvalue weighted by atomic mass is 10.2. The van der Waals surface area contributed by atoms with Crippen molar-refractivity contribution in [1.82, 2.24) is 14.5 Å². The lowest BCUT2D eigenvalue weighted by Gasteiger charge is -2.08. The number of unbranched alkanes of at least 4 members (excludes halogenated alkanes) is 1. The Kier molecular flexibility index (Phi) is 4.67. The van der Waals surface area contributed by atoms with Crippen molar-refractivity contribution in [3.05, 3.63) is 64.8 Å². The second-order valence-electron chi connectivity index (χ2n) is 6.25. The Morgan fingerprint density at radius 2 is 2.00 bits per heavy atom. The fraction of sp³-hybridized carbons (Fsp3) is 0.250. The van der Waals surface area contributed by atoms with Crippen molar-refractivity contribution in [2.75, 3.05) is 5.32 Å². The van der Waals surface area contributed by atoms with Crippen LogP contribution in [0.2, 0.25) is 0 Å². The number of aromatic nitrogens is 3. The molecule has 0 spiro atoms. The first-order valence-corrected chi connectivity index (χ1v) is 9.64. The lowest BCUT2D eigenvalue weighted by molar-refractivity contribution is 0.609. The summed E-state index contributed by atoms with van der Waals surface area (Å²) >= 11 is 1.42. The summed E-state index contributed by atoms with van der Waals surface area (Å²) in [6, 6.07) is 12.2. The number of thiophene rings is 1. The third-order valence-corrected chi connectivity index (χ3v) is 5.50. The highest BCUT2D eigenvalue weighted by Crippen LogP contribution is 2.34. The van der Waals surface area contributed by atoms with E-state index in [0.29, 0.717) is 17.8 Å². The van der Waals surface area contributed by atoms with Crippen LogP contribution in [-0.2, 0) is 13.1 Å². The summed E-state index contributed by atoms with van der Waals surface area (Å²) < 4.78 is 2.39. The molecule has 4 aromatic rings. The van der Waals surface area contributed by atoms with Crippen LogP contribution in [0, 0.1) is 0 Å². The molecule has 132 valence electrons. The molecule has 0 atom stereocenters. The van der Waals surface area contributed by atoms with Gasteiger partial charge in [-0.25, -0.2) is 9.97 Å². The second kappa shape index (κ2) is 7.25. The van der Waals surface area contributed by atoms with E-state index in [2.05, 4.69) is 34.3 Å². The molecule has 0 fully saturated rings. The summed E-state index contributed by atoms with van der Waals surface area (Å²) in [5.41, 5.74) is 2.93. The van der Waals surface area contributed by atoms with Gasteiger partial charge in [0.2, 0.25) is 0 Å². The Labute approximate surface area is 155 Å². The molecule has 0 saturated heterocycles. The zero-order chi connectivity index (χ0) is 17.9. The Bertz CT molecular complexity index is 1100. The number of hydrogen-bond donors (Lipinski definition) is 1. The molecule has 26 heavy (non-hydrogen) atoms. The third kappa shape index (κ3) is 3.08. The third-order valence-electron chi connectivity index (χ3n) is 4.43. The number of pyridine rings is 1. The maximum Gasteiger partial charge on any atom is 0.271 e. The number of fused-ring (bicyclic) bond motifs is 3. The molecule has 0 aliphatic carbocycles. The minimum absolute atomic E-state index is 0.0282. The zero-order valence-corrected chi connectivity index (χ0v) is 15.4. The van der Waals surface area contributed by atoms with Crippen molar-refractivity contribution in [1.29, 1.82) is 0 Å². The molecule has 6 heteroatoms. The summed E-state index contributed by atoms with van der Waals surface area (Å²) in [6.45, 7) is 3.54. The first-order valence-electron chi connectivity index (χ1n) is 8.82. The molecule has 1 aromatic carbocycles. The number of benzene rings is 1. The first kappa shape index (κ1) is 16.7. The van der Waals surface area contributed by atoms with Gasteiger partial charge < -0.3 is 5.32 Å². The monoisotopic (exact) mass is 364 g/mol. The highest BCUT2D eigenvalue weighted by molar-refractivity contribution is 7.25. The fourth-order valence-electron chi connectivity index (χ4n) is 3.01. The predicted octanol–water partition coefficient (Wildman–Crippen LogP) is 4.42. The molecule has 0 aliphatic heterocycles. The van der Waals surface area contributed by atoms with Gasteiger partial charge in [-0.2, -0.15) is 0 Å². The van der Waals surface area contributed by atoms with Gasteiger partial charge in [0.15, 0.2) is 0 Å². The average Bonchev–Trinajstić information content (AvgIpc) is 3.07. The molecule has 0 aliphatic rings. The number of nitrogens with one attached hydrogen (secondary N) is 1. The van der Waals surface area contributed by atoms with Crippen LogP contribution in [-0.4, -0.2) is 14.5 Å². The number of hydrogen-bond acceptors (Lipinski definition) is 5. The quantitative estimate of drug-likeness (QED) is 0.550. The summed E-state index contributed by atoms with van der Waals surface area (Å²) in [7, 11) is 0. The minimum atomic E-state index is 0.0282. The van der Waals surface area contributed by atoms with Crippen molar-refractivity contribution >= 4 is 37.5 Å². The summed E-state index contributed by atoms with van der Waals surface area (Å²) in [4.78, 5) is 22.7. The number of nitrogens with zero attached hydrogens (tertiary/aromatic N) is 3. The molecule has 4 rings (SSSR count). The first-order chi connectivity index (χ1) is 12.8. The van der Waals surface area contributed by atoms with Crippen molar-refractivity contribution in [2.45, 2.75) is 32.9 Å². The van der Waals surface area contributed by atoms with Crippen molar-refractivity contribution in [3.8, 4) is 0 Å². The molecule has 3 aromatic heterocycles. The van der Waals surface area contributed by atoms with Gasteiger partial charge in [0.25, 0.3) is 5.56 Å². The van der Waals surface area contributed by atoms with Crippen molar-refractivity contribution < 1.29 is 0 Å². The maximum atomic E-state index is 12.8. The van der Waals surface area contributed by atoms with Gasteiger partial charge in [0.1, 0.15) is 9.53 Å². The van der Waals surface area contributed by atoms with E-state index < -0.39 is 0 Å². The molecule has 5 nitrogen and oxygen atoms in total. The van der Waals surface area contributed by atoms with Crippen molar-refractivity contribution in [2.24, 2.45) is 0 Å². The Balaban J connectivity index is 1.76. The van der Waals surface area contributed by atoms with Gasteiger partial charge >= 0.3 is 0 Å². The lowest BCUT2D eigenvalue weighted by Crippen LogP contribution is -2.19. The van der Waals surface area contributed by atoms with Crippen LogP contribution in [0.3, 0.4) is 0 Å². The van der Waals surface area contributed by atoms with Crippen molar-refractivity contribution in [3.63, 3.8) is 0 Å². The highest BCUT2D eigenvalue weighted by atomic mass is 32.1. The molecule has 0 unspecified atom stereocenters. The molecule has 0 amide bonds. The Morgan fingerprint density at radius 3 is 2.81 bits per heavy atom. The van der Waals surface area contributed by atoms with Crippen LogP contribution in [0.25, 0.3) is 20.4 Å². The summed E-state index contributed by atoms with van der Waals surface area (Å²) in [5, 5.41) is 4.40. The largest absolute Gasteiger partial charge is 0.380 e. The van der Waals surface area contributed by atoms with Gasteiger partial charge in [-0.15, -0.1) is 11.3 Å². The zero-order valence-electron chi connectivity index (χ0n) is 14.6. The average molecular weight is 364 g/mol. The van der Waals surface area contributed by atoms with Crippen LogP contribution >= 0.6 is 11.3 Å². The van der Waals surface area contributed by atoms with Gasteiger partial charge in [0.05, 0.1) is 17.2 Å². The second-order valence-corrected chi connectivity index (χ2v) is 7.25. The standard InChI is InChI=1S/C20H20N4OS/c1-2-3-11-24-13-23-17-16-15(22-12-14-7-5-4-6-8-14)9-10-21-19(16)26-18(17)20(24)25/h4-10,13H,2-3,11-12H2,1H3,(H,21,22). The predicted molar refractivity (Wildman–Crippen MR) is 108 cm³/mol. The molecule has 0 saturated carbocycles. The topological polar surface area (TPSA) is 59.8 Å². The van der Waals surface area contributed by atoms with Gasteiger partial charge in [-0.3, -0.25) is 9.36 Å². The fourth-order valence-corrected chi connectivity index (χ4v) is 4.09. The smallest absolute Gasteiger partial charge is 0.271 e. The van der Waals surface area contributed by atoms with E-state index in [0.717, 1.165) is 34.3 Å². The Hall–Kier alpha value is -2.73. The number of aryl methyl sites for hydroxylation is 1. The SMILES string of the molecule is CCCCn1cnc2c(sc3nccc(NCc4ccccc4)c32)c1=O. The number of rotatable bonds is 6. The van der Waals surface area contributed by atoms with Crippen LogP contribution in [0.4, 0.5) is 5.69 Å². The van der Waals surface area contributed by atoms with E-state index in [4.69, 9.17) is 0 Å². The van der Waals surface area contributed by atoms with Gasteiger partial charge in [0, 0.05) is 25.0 Å². The van der Waals surface area contributed by atoms with E-state index in [1.54, 1.807) is 17.1 Å². The van der Waals surface area contributed by atoms with Crippen LogP contribution in [0.5, 0.6) is 0 Å². The van der Waals surface area contributed by atoms with E-state index in [-0.39, 0.29) is 5.56 Å². The minimum Gasteiger partial charge on any atom is -0.380 e. The summed E-state index contributed by atoms with van der Waals surface area (Å²) in [5.74, 6) is 0. The van der Waals surface area contributed by atoms with Crippen LogP contribution < -0.4 is 10.9 Å². The van der Waals surface area contributed by atoms with Crippen LogP contribution in [0.1, 0.15) is 25.3 Å². The normalized spacial score (nSPS) is 11.3. The molecule has 1 N–H and O–H groups in total. The molecular weight excluding hydrogens is 344 g/mol.